The number of nitrogens with one attached hydrogen (secondary N) is 2. The molecule has 0 radical (unpaired) electrons. The number of aromatic nitrogens is 4. The van der Waals surface area contributed by atoms with Crippen molar-refractivity contribution in [1.29, 1.82) is 0 Å². The first-order valence-corrected chi connectivity index (χ1v) is 7.69. The van der Waals surface area contributed by atoms with Crippen LogP contribution < -0.4 is 10.6 Å². The highest BCUT2D eigenvalue weighted by Crippen LogP contribution is 2.15. The lowest BCUT2D eigenvalue weighted by atomic mass is 10.4. The summed E-state index contributed by atoms with van der Waals surface area (Å²) in [6.07, 6.45) is 1.73. The largest absolute Gasteiger partial charge is 0.350 e. The van der Waals surface area contributed by atoms with Gasteiger partial charge in [0.1, 0.15) is 11.3 Å². The Hall–Kier alpha value is -1.96. The molecule has 0 aliphatic rings. The molecule has 2 rings (SSSR count). The highest BCUT2D eigenvalue weighted by Gasteiger charge is 2.06. The summed E-state index contributed by atoms with van der Waals surface area (Å²) in [7, 11) is 1.75. The number of hydrogen-bond acceptors (Lipinski definition) is 5. The van der Waals surface area contributed by atoms with E-state index < -0.39 is 0 Å². The third kappa shape index (κ3) is 4.01. The van der Waals surface area contributed by atoms with Gasteiger partial charge in [-0.2, -0.15) is 0 Å². The average Bonchev–Trinajstić information content (AvgIpc) is 3.06. The van der Waals surface area contributed by atoms with E-state index in [9.17, 15) is 0 Å². The first kappa shape index (κ1) is 15.4. The normalized spacial score (nSPS) is 11.7. The van der Waals surface area contributed by atoms with Crippen LogP contribution in [-0.2, 0) is 19.6 Å². The number of guanidine groups is 1. The van der Waals surface area contributed by atoms with E-state index in [1.54, 1.807) is 24.7 Å². The molecule has 0 aliphatic heterocycles. The van der Waals surface area contributed by atoms with Gasteiger partial charge in [0.2, 0.25) is 0 Å². The zero-order valence-electron chi connectivity index (χ0n) is 12.8. The SMILES string of the molecule is CCn1cnnc1CNC(=NC)NCc1nc(C)c(C)s1. The fraction of sp³-hybridized carbons (Fsp3) is 0.538. The van der Waals surface area contributed by atoms with E-state index in [1.807, 2.05) is 11.5 Å². The maximum Gasteiger partial charge on any atom is 0.191 e. The van der Waals surface area contributed by atoms with Crippen molar-refractivity contribution in [2.75, 3.05) is 7.05 Å². The minimum atomic E-state index is 0.587. The second-order valence-electron chi connectivity index (χ2n) is 4.56. The molecule has 2 heterocycles. The average molecular weight is 307 g/mol. The van der Waals surface area contributed by atoms with E-state index in [1.165, 1.54) is 4.88 Å². The standard InChI is InChI=1S/C13H21N7S/c1-5-20-8-17-19-11(20)6-15-13(14-4)16-7-12-18-9(2)10(3)21-12/h8H,5-7H2,1-4H3,(H2,14,15,16). The number of thiazole rings is 1. The highest BCUT2D eigenvalue weighted by molar-refractivity contribution is 7.11. The Bertz CT molecular complexity index is 594. The van der Waals surface area contributed by atoms with Crippen molar-refractivity contribution >= 4 is 17.3 Å². The number of nitrogens with zero attached hydrogens (tertiary/aromatic N) is 5. The highest BCUT2D eigenvalue weighted by atomic mass is 32.1. The Morgan fingerprint density at radius 3 is 2.71 bits per heavy atom. The van der Waals surface area contributed by atoms with Crippen LogP contribution in [-0.4, -0.2) is 32.8 Å². The third-order valence-corrected chi connectivity index (χ3v) is 4.23. The smallest absolute Gasteiger partial charge is 0.191 e. The Labute approximate surface area is 128 Å². The summed E-state index contributed by atoms with van der Waals surface area (Å²) < 4.78 is 1.99. The summed E-state index contributed by atoms with van der Waals surface area (Å²) >= 11 is 1.71. The monoisotopic (exact) mass is 307 g/mol. The van der Waals surface area contributed by atoms with Crippen LogP contribution in [0.3, 0.4) is 0 Å². The van der Waals surface area contributed by atoms with Crippen molar-refractivity contribution in [3.05, 3.63) is 27.7 Å². The van der Waals surface area contributed by atoms with Gasteiger partial charge in [-0.3, -0.25) is 4.99 Å². The zero-order valence-corrected chi connectivity index (χ0v) is 13.7. The van der Waals surface area contributed by atoms with Crippen LogP contribution in [0.4, 0.5) is 0 Å². The maximum atomic E-state index is 4.50. The number of aryl methyl sites for hydroxylation is 3. The molecule has 2 N–H and O–H groups in total. The predicted octanol–water partition coefficient (Wildman–Crippen LogP) is 1.24. The number of hydrogen-bond donors (Lipinski definition) is 2. The summed E-state index contributed by atoms with van der Waals surface area (Å²) in [6.45, 7) is 8.28. The molecule has 0 fully saturated rings. The Morgan fingerprint density at radius 1 is 1.33 bits per heavy atom. The second-order valence-corrected chi connectivity index (χ2v) is 5.85. The van der Waals surface area contributed by atoms with Gasteiger partial charge in [0, 0.05) is 18.5 Å². The van der Waals surface area contributed by atoms with Crippen LogP contribution in [0.5, 0.6) is 0 Å². The van der Waals surface area contributed by atoms with Crippen LogP contribution in [0.2, 0.25) is 0 Å². The molecule has 0 saturated carbocycles. The van der Waals surface area contributed by atoms with Crippen LogP contribution in [0.15, 0.2) is 11.3 Å². The summed E-state index contributed by atoms with van der Waals surface area (Å²) in [5.41, 5.74) is 1.09. The summed E-state index contributed by atoms with van der Waals surface area (Å²) in [6, 6.07) is 0. The van der Waals surface area contributed by atoms with Gasteiger partial charge in [-0.05, 0) is 20.8 Å². The molecule has 0 saturated heterocycles. The first-order chi connectivity index (χ1) is 10.1. The van der Waals surface area contributed by atoms with E-state index in [0.29, 0.717) is 13.1 Å². The molecule has 8 heteroatoms. The predicted molar refractivity (Wildman–Crippen MR) is 84.3 cm³/mol. The van der Waals surface area contributed by atoms with Gasteiger partial charge in [-0.1, -0.05) is 0 Å². The first-order valence-electron chi connectivity index (χ1n) is 6.88. The van der Waals surface area contributed by atoms with Crippen molar-refractivity contribution in [3.8, 4) is 0 Å². The van der Waals surface area contributed by atoms with Gasteiger partial charge in [0.05, 0.1) is 18.8 Å². The molecule has 0 atom stereocenters. The van der Waals surface area contributed by atoms with Gasteiger partial charge in [-0.25, -0.2) is 4.98 Å². The van der Waals surface area contributed by atoms with E-state index >= 15 is 0 Å². The molecular weight excluding hydrogens is 286 g/mol. The molecule has 0 aliphatic carbocycles. The lowest BCUT2D eigenvalue weighted by Gasteiger charge is -2.10. The number of rotatable bonds is 5. The van der Waals surface area contributed by atoms with Gasteiger partial charge in [0.15, 0.2) is 11.8 Å². The molecule has 0 amide bonds. The van der Waals surface area contributed by atoms with Crippen LogP contribution in [0.25, 0.3) is 0 Å². The Morgan fingerprint density at radius 2 is 2.10 bits per heavy atom. The van der Waals surface area contributed by atoms with Crippen molar-refractivity contribution in [3.63, 3.8) is 0 Å². The minimum absolute atomic E-state index is 0.587. The summed E-state index contributed by atoms with van der Waals surface area (Å²) in [4.78, 5) is 9.96. The molecule has 7 nitrogen and oxygen atoms in total. The van der Waals surface area contributed by atoms with E-state index in [2.05, 4.69) is 44.7 Å². The third-order valence-electron chi connectivity index (χ3n) is 3.15. The lowest BCUT2D eigenvalue weighted by Crippen LogP contribution is -2.37. The van der Waals surface area contributed by atoms with Crippen molar-refractivity contribution < 1.29 is 0 Å². The van der Waals surface area contributed by atoms with E-state index in [-0.39, 0.29) is 0 Å². The van der Waals surface area contributed by atoms with Gasteiger partial charge < -0.3 is 15.2 Å². The van der Waals surface area contributed by atoms with Gasteiger partial charge >= 0.3 is 0 Å². The fourth-order valence-corrected chi connectivity index (χ4v) is 2.71. The van der Waals surface area contributed by atoms with Crippen LogP contribution in [0, 0.1) is 13.8 Å². The lowest BCUT2D eigenvalue weighted by molar-refractivity contribution is 0.669. The Balaban J connectivity index is 1.86. The maximum absolute atomic E-state index is 4.50. The summed E-state index contributed by atoms with van der Waals surface area (Å²) in [5, 5.41) is 15.5. The Kier molecular flexibility index (Phi) is 5.26. The zero-order chi connectivity index (χ0) is 15.2. The van der Waals surface area contributed by atoms with Gasteiger partial charge in [0.25, 0.3) is 0 Å². The fourth-order valence-electron chi connectivity index (χ4n) is 1.84. The quantitative estimate of drug-likeness (QED) is 0.641. The molecule has 2 aromatic rings. The molecule has 0 aromatic carbocycles. The van der Waals surface area contributed by atoms with E-state index in [0.717, 1.165) is 29.0 Å². The number of aliphatic imine (C=N–C) groups is 1. The molecule has 21 heavy (non-hydrogen) atoms. The summed E-state index contributed by atoms with van der Waals surface area (Å²) in [5.74, 6) is 1.62. The molecule has 0 unspecified atom stereocenters. The molecule has 2 aromatic heterocycles. The topological polar surface area (TPSA) is 80.0 Å². The molecule has 0 spiro atoms. The van der Waals surface area contributed by atoms with Crippen molar-refractivity contribution in [2.24, 2.45) is 4.99 Å². The van der Waals surface area contributed by atoms with Crippen molar-refractivity contribution in [1.82, 2.24) is 30.4 Å². The van der Waals surface area contributed by atoms with E-state index in [4.69, 9.17) is 0 Å². The molecule has 114 valence electrons. The van der Waals surface area contributed by atoms with Gasteiger partial charge in [-0.15, -0.1) is 21.5 Å². The van der Waals surface area contributed by atoms with Crippen LogP contribution >= 0.6 is 11.3 Å². The second kappa shape index (κ2) is 7.16. The minimum Gasteiger partial charge on any atom is -0.350 e. The molecule has 0 bridgehead atoms. The van der Waals surface area contributed by atoms with Crippen molar-refractivity contribution in [2.45, 2.75) is 40.4 Å². The van der Waals surface area contributed by atoms with Crippen LogP contribution in [0.1, 0.15) is 28.3 Å². The molecular formula is C13H21N7S.